The van der Waals surface area contributed by atoms with Gasteiger partial charge in [-0.2, -0.15) is 0 Å². The maximum absolute atomic E-state index is 6.32. The molecule has 2 rings (SSSR count). The number of hydrogen-bond donors (Lipinski definition) is 0. The highest BCUT2D eigenvalue weighted by molar-refractivity contribution is 5.35. The first-order valence-electron chi connectivity index (χ1n) is 8.07. The lowest BCUT2D eigenvalue weighted by Gasteiger charge is -2.29. The number of likely N-dealkylation sites (N-methyl/N-ethyl adjacent to an activating group) is 1. The van der Waals surface area contributed by atoms with Crippen LogP contribution in [0.25, 0.3) is 0 Å². The molecule has 1 atom stereocenters. The highest BCUT2D eigenvalue weighted by Crippen LogP contribution is 2.28. The van der Waals surface area contributed by atoms with E-state index in [1.807, 2.05) is 0 Å². The van der Waals surface area contributed by atoms with Gasteiger partial charge in [0.2, 0.25) is 0 Å². The third-order valence-electron chi connectivity index (χ3n) is 4.41. The zero-order valence-electron chi connectivity index (χ0n) is 14.6. The molecule has 0 unspecified atom stereocenters. The molecule has 0 bridgehead atoms. The number of benzene rings is 2. The molecule has 0 amide bonds. The highest BCUT2D eigenvalue weighted by atomic mass is 35.5. The van der Waals surface area contributed by atoms with Gasteiger partial charge in [-0.15, -0.1) is 0 Å². The number of halogens is 1. The van der Waals surface area contributed by atoms with Gasteiger partial charge in [0.15, 0.2) is 0 Å². The molecule has 0 N–H and O–H groups in total. The van der Waals surface area contributed by atoms with Crippen molar-refractivity contribution in [2.24, 2.45) is 0 Å². The van der Waals surface area contributed by atoms with Gasteiger partial charge in [0.1, 0.15) is 12.6 Å². The van der Waals surface area contributed by atoms with E-state index >= 15 is 0 Å². The van der Waals surface area contributed by atoms with Gasteiger partial charge in [-0.25, -0.2) is 0 Å². The van der Waals surface area contributed by atoms with Crippen LogP contribution >= 0.6 is 0 Å². The van der Waals surface area contributed by atoms with E-state index in [1.54, 1.807) is 0 Å². The maximum atomic E-state index is 6.32. The molecule has 0 radical (unpaired) electrons. The summed E-state index contributed by atoms with van der Waals surface area (Å²) in [5, 5.41) is 0. The topological polar surface area (TPSA) is 9.23 Å². The molecule has 0 heterocycles. The summed E-state index contributed by atoms with van der Waals surface area (Å²) in [7, 11) is 4.49. The van der Waals surface area contributed by atoms with Crippen LogP contribution in [0.1, 0.15) is 29.7 Å². The van der Waals surface area contributed by atoms with Crippen LogP contribution in [0.4, 0.5) is 0 Å². The van der Waals surface area contributed by atoms with E-state index in [9.17, 15) is 0 Å². The molecule has 3 heteroatoms. The van der Waals surface area contributed by atoms with E-state index in [2.05, 4.69) is 82.5 Å². The molecule has 126 valence electrons. The zero-order chi connectivity index (χ0) is 16.0. The van der Waals surface area contributed by atoms with Crippen molar-refractivity contribution in [1.82, 2.24) is 0 Å². The Morgan fingerprint density at radius 1 is 0.957 bits per heavy atom. The van der Waals surface area contributed by atoms with Gasteiger partial charge in [0.05, 0.1) is 27.2 Å². The first kappa shape index (κ1) is 19.7. The van der Waals surface area contributed by atoms with E-state index in [0.29, 0.717) is 0 Å². The first-order valence-corrected chi connectivity index (χ1v) is 8.07. The Hall–Kier alpha value is -1.35. The highest BCUT2D eigenvalue weighted by Gasteiger charge is 2.18. The van der Waals surface area contributed by atoms with Crippen LogP contribution in [0.5, 0.6) is 0 Å². The summed E-state index contributed by atoms with van der Waals surface area (Å²) in [6.45, 7) is 7.26. The van der Waals surface area contributed by atoms with Crippen LogP contribution < -0.4 is 12.4 Å². The van der Waals surface area contributed by atoms with Gasteiger partial charge in [0.25, 0.3) is 0 Å². The van der Waals surface area contributed by atoms with Crippen LogP contribution in [0, 0.1) is 6.92 Å². The molecule has 2 aromatic carbocycles. The van der Waals surface area contributed by atoms with Crippen LogP contribution in [0.2, 0.25) is 0 Å². The van der Waals surface area contributed by atoms with E-state index in [4.69, 9.17) is 4.74 Å². The molecule has 2 nitrogen and oxygen atoms in total. The van der Waals surface area contributed by atoms with Gasteiger partial charge in [-0.3, -0.25) is 0 Å². The molecule has 0 spiro atoms. The minimum atomic E-state index is 0. The SMILES string of the molecule is CC[N+](C)(C)CCO[C@@H](c1ccccc1)c1ccccc1C.[Cl-]. The summed E-state index contributed by atoms with van der Waals surface area (Å²) in [6, 6.07) is 19.0. The van der Waals surface area contributed by atoms with Crippen molar-refractivity contribution in [3.05, 3.63) is 71.3 Å². The number of rotatable bonds is 7. The molecule has 23 heavy (non-hydrogen) atoms. The average molecular weight is 334 g/mol. The molecule has 0 aromatic heterocycles. The van der Waals surface area contributed by atoms with Crippen molar-refractivity contribution in [3.8, 4) is 0 Å². The monoisotopic (exact) mass is 333 g/mol. The summed E-state index contributed by atoms with van der Waals surface area (Å²) >= 11 is 0. The summed E-state index contributed by atoms with van der Waals surface area (Å²) < 4.78 is 7.30. The van der Waals surface area contributed by atoms with Crippen LogP contribution in [-0.4, -0.2) is 38.3 Å². The van der Waals surface area contributed by atoms with Gasteiger partial charge in [0, 0.05) is 0 Å². The van der Waals surface area contributed by atoms with Crippen molar-refractivity contribution in [3.63, 3.8) is 0 Å². The quantitative estimate of drug-likeness (QED) is 0.692. The standard InChI is InChI=1S/C20H28NO.ClH/c1-5-21(3,4)15-16-22-20(18-12-7-6-8-13-18)19-14-10-9-11-17(19)2;/h6-14,20H,5,15-16H2,1-4H3;1H/q+1;/p-1/t20-;/m0./s1. The summed E-state index contributed by atoms with van der Waals surface area (Å²) in [5.74, 6) is 0. The molecule has 2 aromatic rings. The Morgan fingerprint density at radius 2 is 1.57 bits per heavy atom. The normalized spacial score (nSPS) is 12.5. The van der Waals surface area contributed by atoms with Gasteiger partial charge in [-0.1, -0.05) is 54.6 Å². The fourth-order valence-electron chi connectivity index (χ4n) is 2.45. The fourth-order valence-corrected chi connectivity index (χ4v) is 2.45. The molecular formula is C20H28ClNO. The maximum Gasteiger partial charge on any atom is 0.108 e. The van der Waals surface area contributed by atoms with Crippen molar-refractivity contribution in [1.29, 1.82) is 0 Å². The second kappa shape index (κ2) is 9.07. The molecule has 0 aliphatic rings. The number of aryl methyl sites for hydroxylation is 1. The van der Waals surface area contributed by atoms with Gasteiger partial charge >= 0.3 is 0 Å². The fraction of sp³-hybridized carbons (Fsp3) is 0.400. The lowest BCUT2D eigenvalue weighted by Crippen LogP contribution is -3.00. The van der Waals surface area contributed by atoms with Gasteiger partial charge in [-0.05, 0) is 30.5 Å². The van der Waals surface area contributed by atoms with Crippen molar-refractivity contribution >= 4 is 0 Å². The molecule has 0 saturated carbocycles. The molecule has 0 aliphatic heterocycles. The molecule has 0 saturated heterocycles. The van der Waals surface area contributed by atoms with E-state index in [1.165, 1.54) is 16.7 Å². The Kier molecular flexibility index (Phi) is 7.77. The van der Waals surface area contributed by atoms with E-state index in [-0.39, 0.29) is 18.5 Å². The third kappa shape index (κ3) is 5.65. The van der Waals surface area contributed by atoms with Gasteiger partial charge < -0.3 is 21.6 Å². The molecular weight excluding hydrogens is 306 g/mol. The van der Waals surface area contributed by atoms with E-state index < -0.39 is 0 Å². The lowest BCUT2D eigenvalue weighted by atomic mass is 9.97. The van der Waals surface area contributed by atoms with E-state index in [0.717, 1.165) is 24.2 Å². The number of nitrogens with zero attached hydrogens (tertiary/aromatic N) is 1. The Morgan fingerprint density at radius 3 is 2.17 bits per heavy atom. The number of hydrogen-bond acceptors (Lipinski definition) is 1. The van der Waals surface area contributed by atoms with Crippen molar-refractivity contribution in [2.45, 2.75) is 20.0 Å². The number of quaternary nitrogens is 1. The van der Waals surface area contributed by atoms with Crippen molar-refractivity contribution in [2.75, 3.05) is 33.8 Å². The van der Waals surface area contributed by atoms with Crippen molar-refractivity contribution < 1.29 is 21.6 Å². The molecule has 0 fully saturated rings. The van der Waals surface area contributed by atoms with Crippen LogP contribution in [0.15, 0.2) is 54.6 Å². The summed E-state index contributed by atoms with van der Waals surface area (Å²) in [6.07, 6.45) is 0.0132. The predicted molar refractivity (Wildman–Crippen MR) is 92.9 cm³/mol. The number of ether oxygens (including phenoxy) is 1. The van der Waals surface area contributed by atoms with Crippen LogP contribution in [-0.2, 0) is 4.74 Å². The molecule has 0 aliphatic carbocycles. The predicted octanol–water partition coefficient (Wildman–Crippen LogP) is 1.20. The van der Waals surface area contributed by atoms with Crippen LogP contribution in [0.3, 0.4) is 0 Å². The summed E-state index contributed by atoms with van der Waals surface area (Å²) in [5.41, 5.74) is 3.76. The minimum Gasteiger partial charge on any atom is -1.00 e. The summed E-state index contributed by atoms with van der Waals surface area (Å²) in [4.78, 5) is 0. The Bertz CT molecular complexity index is 583. The Labute approximate surface area is 147 Å². The minimum absolute atomic E-state index is 0. The Balaban J connectivity index is 0.00000264. The average Bonchev–Trinajstić information content (AvgIpc) is 2.53. The first-order chi connectivity index (χ1) is 10.5. The second-order valence-electron chi connectivity index (χ2n) is 6.49. The third-order valence-corrected chi connectivity index (χ3v) is 4.41. The zero-order valence-corrected chi connectivity index (χ0v) is 15.4. The lowest BCUT2D eigenvalue weighted by molar-refractivity contribution is -0.889. The smallest absolute Gasteiger partial charge is 0.108 e. The largest absolute Gasteiger partial charge is 1.00 e. The second-order valence-corrected chi connectivity index (χ2v) is 6.49.